The average Bonchev–Trinajstić information content (AvgIpc) is 3.04. The van der Waals surface area contributed by atoms with Crippen molar-refractivity contribution in [2.45, 2.75) is 83.3 Å². The first-order chi connectivity index (χ1) is 21.6. The van der Waals surface area contributed by atoms with Crippen molar-refractivity contribution >= 4 is 56.7 Å². The molecule has 0 bridgehead atoms. The van der Waals surface area contributed by atoms with Crippen molar-refractivity contribution in [1.82, 2.24) is 19.4 Å². The summed E-state index contributed by atoms with van der Waals surface area (Å²) in [4.78, 5) is 50.1. The number of aryl methyl sites for hydroxylation is 1. The molecular weight excluding hydrogens is 611 g/mol. The maximum Gasteiger partial charge on any atom is 0.261 e. The molecule has 1 aliphatic carbocycles. The highest BCUT2D eigenvalue weighted by atomic mass is 35.5. The van der Waals surface area contributed by atoms with E-state index in [1.54, 1.807) is 23.1 Å². The summed E-state index contributed by atoms with van der Waals surface area (Å²) in [6.07, 6.45) is 8.91. The lowest BCUT2D eigenvalue weighted by molar-refractivity contribution is -0.139. The van der Waals surface area contributed by atoms with Crippen LogP contribution in [0, 0.1) is 5.92 Å². The summed E-state index contributed by atoms with van der Waals surface area (Å²) in [7, 11) is 0. The van der Waals surface area contributed by atoms with Crippen molar-refractivity contribution in [3.8, 4) is 0 Å². The fraction of sp³-hybridized carbons (Fsp3) is 0.457. The molecule has 1 aliphatic heterocycles. The molecule has 0 radical (unpaired) electrons. The second kappa shape index (κ2) is 13.2. The predicted molar refractivity (Wildman–Crippen MR) is 177 cm³/mol. The number of nitrogens with zero attached hydrogens (tertiary/aromatic N) is 4. The monoisotopic (exact) mass is 648 g/mol. The van der Waals surface area contributed by atoms with Gasteiger partial charge in [-0.25, -0.2) is 4.98 Å². The third-order valence-electron chi connectivity index (χ3n) is 9.49. The van der Waals surface area contributed by atoms with Crippen LogP contribution in [0.3, 0.4) is 0 Å². The number of unbranched alkanes of at least 4 members (excludes halogenated alkanes) is 1. The smallest absolute Gasteiger partial charge is 0.261 e. The van der Waals surface area contributed by atoms with Gasteiger partial charge < -0.3 is 10.0 Å². The van der Waals surface area contributed by atoms with Gasteiger partial charge >= 0.3 is 0 Å². The topological polar surface area (TPSA) is 105 Å². The van der Waals surface area contributed by atoms with E-state index in [1.165, 1.54) is 10.9 Å². The molecule has 1 N–H and O–H groups in total. The van der Waals surface area contributed by atoms with Gasteiger partial charge in [-0.05, 0) is 81.2 Å². The summed E-state index contributed by atoms with van der Waals surface area (Å²) in [5, 5.41) is 13.9. The number of amides is 1. The van der Waals surface area contributed by atoms with Crippen molar-refractivity contribution in [2.24, 2.45) is 5.92 Å². The minimum atomic E-state index is -1.10. The molecule has 1 atom stereocenters. The molecule has 0 saturated carbocycles. The second-order valence-corrected chi connectivity index (χ2v) is 13.6. The molecule has 1 saturated heterocycles. The van der Waals surface area contributed by atoms with E-state index in [2.05, 4.69) is 4.98 Å². The SMILES string of the molecule is CC(CCCCC(=O)c1ccc2c(Cl)c3c(nc2c1)CCCC3)C(=O)N1CCC(O)(Cn2cnc3cc(Cl)ccc3c2=O)CC1. The van der Waals surface area contributed by atoms with Crippen LogP contribution in [0.15, 0.2) is 47.5 Å². The van der Waals surface area contributed by atoms with Crippen LogP contribution in [0.2, 0.25) is 10.0 Å². The molecule has 1 amide bonds. The molecule has 1 fully saturated rings. The highest BCUT2D eigenvalue weighted by Crippen LogP contribution is 2.33. The van der Waals surface area contributed by atoms with Crippen LogP contribution in [0.5, 0.6) is 0 Å². The molecule has 45 heavy (non-hydrogen) atoms. The molecule has 2 aliphatic rings. The molecule has 1 unspecified atom stereocenters. The van der Waals surface area contributed by atoms with Crippen LogP contribution in [0.25, 0.3) is 21.8 Å². The second-order valence-electron chi connectivity index (χ2n) is 12.7. The van der Waals surface area contributed by atoms with Gasteiger partial charge in [0, 0.05) is 47.1 Å². The number of aromatic nitrogens is 3. The molecule has 3 heterocycles. The largest absolute Gasteiger partial charge is 0.388 e. The number of benzene rings is 2. The number of carbonyl (C=O) groups is 2. The van der Waals surface area contributed by atoms with Gasteiger partial charge in [-0.1, -0.05) is 48.7 Å². The quantitative estimate of drug-likeness (QED) is 0.163. The van der Waals surface area contributed by atoms with E-state index < -0.39 is 5.60 Å². The average molecular weight is 650 g/mol. The third kappa shape index (κ3) is 6.79. The minimum absolute atomic E-state index is 0.0607. The highest BCUT2D eigenvalue weighted by Gasteiger charge is 2.35. The molecule has 2 aromatic heterocycles. The van der Waals surface area contributed by atoms with E-state index in [4.69, 9.17) is 28.2 Å². The Morgan fingerprint density at radius 2 is 1.76 bits per heavy atom. The summed E-state index contributed by atoms with van der Waals surface area (Å²) in [5.41, 5.74) is 2.84. The molecule has 0 spiro atoms. The number of aliphatic hydroxyl groups is 1. The Kier molecular flexibility index (Phi) is 9.27. The van der Waals surface area contributed by atoms with Crippen LogP contribution in [0.4, 0.5) is 0 Å². The number of fused-ring (bicyclic) bond motifs is 3. The van der Waals surface area contributed by atoms with Crippen LogP contribution >= 0.6 is 23.2 Å². The Bertz CT molecular complexity index is 1830. The molecule has 10 heteroatoms. The third-order valence-corrected chi connectivity index (χ3v) is 10.2. The van der Waals surface area contributed by atoms with E-state index in [0.29, 0.717) is 66.7 Å². The van der Waals surface area contributed by atoms with E-state index in [1.807, 2.05) is 25.1 Å². The Morgan fingerprint density at radius 3 is 2.56 bits per heavy atom. The first kappa shape index (κ1) is 31.6. The predicted octanol–water partition coefficient (Wildman–Crippen LogP) is 6.56. The Morgan fingerprint density at radius 1 is 1.00 bits per heavy atom. The van der Waals surface area contributed by atoms with Gasteiger partial charge in [0.15, 0.2) is 5.78 Å². The lowest BCUT2D eigenvalue weighted by Gasteiger charge is -2.39. The number of ketones is 1. The van der Waals surface area contributed by atoms with Gasteiger partial charge in [0.2, 0.25) is 5.91 Å². The van der Waals surface area contributed by atoms with E-state index >= 15 is 0 Å². The molecule has 6 rings (SSSR count). The Labute approximate surface area is 272 Å². The fourth-order valence-corrected chi connectivity index (χ4v) is 7.25. The number of hydrogen-bond donors (Lipinski definition) is 1. The van der Waals surface area contributed by atoms with Crippen LogP contribution in [-0.4, -0.2) is 54.9 Å². The zero-order valence-electron chi connectivity index (χ0n) is 25.5. The summed E-state index contributed by atoms with van der Waals surface area (Å²) in [6.45, 7) is 2.89. The van der Waals surface area contributed by atoms with Gasteiger partial charge in [0.05, 0.1) is 39.9 Å². The van der Waals surface area contributed by atoms with Crippen molar-refractivity contribution in [2.75, 3.05) is 13.1 Å². The summed E-state index contributed by atoms with van der Waals surface area (Å²) < 4.78 is 1.44. The lowest BCUT2D eigenvalue weighted by Crippen LogP contribution is -2.50. The number of rotatable bonds is 9. The molecule has 2 aromatic carbocycles. The van der Waals surface area contributed by atoms with Crippen molar-refractivity contribution in [3.05, 3.63) is 79.9 Å². The van der Waals surface area contributed by atoms with Crippen LogP contribution < -0.4 is 5.56 Å². The van der Waals surface area contributed by atoms with Crippen molar-refractivity contribution in [1.29, 1.82) is 0 Å². The summed E-state index contributed by atoms with van der Waals surface area (Å²) in [5.74, 6) is -0.0411. The maximum atomic E-state index is 13.2. The number of halogens is 2. The van der Waals surface area contributed by atoms with E-state index in [0.717, 1.165) is 59.3 Å². The van der Waals surface area contributed by atoms with Crippen molar-refractivity contribution in [3.63, 3.8) is 0 Å². The Hall–Kier alpha value is -3.33. The fourth-order valence-electron chi connectivity index (χ4n) is 6.72. The normalized spacial score (nSPS) is 16.9. The first-order valence-corrected chi connectivity index (χ1v) is 16.7. The van der Waals surface area contributed by atoms with E-state index in [-0.39, 0.29) is 29.7 Å². The van der Waals surface area contributed by atoms with Gasteiger partial charge in [-0.2, -0.15) is 0 Å². The number of Topliss-reactive ketones (excluding diaryl/α,β-unsaturated/α-hetero) is 1. The highest BCUT2D eigenvalue weighted by molar-refractivity contribution is 6.36. The standard InChI is InChI=1S/C35H38Cl2N4O4/c1-22(6-2-5-9-31(42)23-10-12-26-30(18-23)39-28-8-4-3-7-25(28)32(26)37)33(43)40-16-14-35(45,15-17-40)20-41-21-38-29-19-24(36)11-13-27(29)34(41)44/h10-13,18-19,21-22,45H,2-9,14-17,20H2,1H3. The number of hydrogen-bond acceptors (Lipinski definition) is 6. The zero-order chi connectivity index (χ0) is 31.7. The number of pyridine rings is 1. The Balaban J connectivity index is 0.972. The maximum absolute atomic E-state index is 13.2. The molecule has 8 nitrogen and oxygen atoms in total. The van der Waals surface area contributed by atoms with E-state index in [9.17, 15) is 19.5 Å². The van der Waals surface area contributed by atoms with Gasteiger partial charge in [-0.3, -0.25) is 23.9 Å². The number of piperidine rings is 1. The molecule has 236 valence electrons. The molecule has 4 aromatic rings. The van der Waals surface area contributed by atoms with Gasteiger partial charge in [-0.15, -0.1) is 0 Å². The van der Waals surface area contributed by atoms with Gasteiger partial charge in [0.25, 0.3) is 5.56 Å². The minimum Gasteiger partial charge on any atom is -0.388 e. The zero-order valence-corrected chi connectivity index (χ0v) is 27.0. The number of carbonyl (C=O) groups excluding carboxylic acids is 2. The summed E-state index contributed by atoms with van der Waals surface area (Å²) >= 11 is 12.7. The van der Waals surface area contributed by atoms with Crippen LogP contribution in [-0.2, 0) is 24.2 Å². The number of likely N-dealkylation sites (tertiary alicyclic amines) is 1. The molecular formula is C35H38Cl2N4O4. The van der Waals surface area contributed by atoms with Crippen molar-refractivity contribution < 1.29 is 14.7 Å². The van der Waals surface area contributed by atoms with Gasteiger partial charge in [0.1, 0.15) is 0 Å². The lowest BCUT2D eigenvalue weighted by atomic mass is 9.90. The van der Waals surface area contributed by atoms with Crippen LogP contribution in [0.1, 0.15) is 79.9 Å². The first-order valence-electron chi connectivity index (χ1n) is 15.9. The summed E-state index contributed by atoms with van der Waals surface area (Å²) in [6, 6.07) is 10.6.